The first-order valence-corrected chi connectivity index (χ1v) is 6.37. The minimum atomic E-state index is 0.711. The van der Waals surface area contributed by atoms with Gasteiger partial charge in [-0.3, -0.25) is 0 Å². The van der Waals surface area contributed by atoms with E-state index in [0.29, 0.717) is 6.04 Å². The Labute approximate surface area is 89.7 Å². The van der Waals surface area contributed by atoms with Crippen molar-refractivity contribution in [2.24, 2.45) is 11.8 Å². The van der Waals surface area contributed by atoms with Crippen molar-refractivity contribution in [2.75, 3.05) is 0 Å². The molecule has 0 aromatic carbocycles. The molecular formula is C13H27N. The quantitative estimate of drug-likeness (QED) is 0.726. The van der Waals surface area contributed by atoms with Crippen molar-refractivity contribution in [1.29, 1.82) is 0 Å². The van der Waals surface area contributed by atoms with Gasteiger partial charge in [-0.05, 0) is 44.4 Å². The first-order valence-electron chi connectivity index (χ1n) is 6.37. The SMILES string of the molecule is CCCC(C)NC1CC(C)CC(C)C1. The van der Waals surface area contributed by atoms with Gasteiger partial charge >= 0.3 is 0 Å². The van der Waals surface area contributed by atoms with Crippen LogP contribution in [-0.2, 0) is 0 Å². The Morgan fingerprint density at radius 1 is 1.14 bits per heavy atom. The lowest BCUT2D eigenvalue weighted by Crippen LogP contribution is -2.41. The number of rotatable bonds is 4. The molecule has 0 saturated heterocycles. The molecule has 14 heavy (non-hydrogen) atoms. The van der Waals surface area contributed by atoms with Crippen LogP contribution in [0, 0.1) is 11.8 Å². The van der Waals surface area contributed by atoms with E-state index >= 15 is 0 Å². The second kappa shape index (κ2) is 5.75. The molecule has 0 spiro atoms. The van der Waals surface area contributed by atoms with Crippen LogP contribution in [-0.4, -0.2) is 12.1 Å². The molecule has 1 nitrogen and oxygen atoms in total. The van der Waals surface area contributed by atoms with Gasteiger partial charge < -0.3 is 5.32 Å². The van der Waals surface area contributed by atoms with Crippen molar-refractivity contribution in [2.45, 2.75) is 71.9 Å². The highest BCUT2D eigenvalue weighted by atomic mass is 14.9. The minimum Gasteiger partial charge on any atom is -0.311 e. The molecule has 3 unspecified atom stereocenters. The zero-order chi connectivity index (χ0) is 10.6. The van der Waals surface area contributed by atoms with E-state index < -0.39 is 0 Å². The predicted octanol–water partition coefficient (Wildman–Crippen LogP) is 3.59. The van der Waals surface area contributed by atoms with E-state index in [1.54, 1.807) is 0 Å². The molecule has 1 heteroatoms. The molecule has 1 rings (SSSR count). The molecule has 1 aliphatic carbocycles. The molecule has 0 bridgehead atoms. The van der Waals surface area contributed by atoms with Crippen molar-refractivity contribution in [1.82, 2.24) is 5.32 Å². The zero-order valence-corrected chi connectivity index (χ0v) is 10.3. The summed E-state index contributed by atoms with van der Waals surface area (Å²) < 4.78 is 0. The first kappa shape index (κ1) is 12.0. The lowest BCUT2D eigenvalue weighted by Gasteiger charge is -2.34. The molecule has 3 atom stereocenters. The fraction of sp³-hybridized carbons (Fsp3) is 1.00. The van der Waals surface area contributed by atoms with E-state index in [1.807, 2.05) is 0 Å². The fourth-order valence-electron chi connectivity index (χ4n) is 3.00. The van der Waals surface area contributed by atoms with Crippen LogP contribution >= 0.6 is 0 Å². The molecule has 1 N–H and O–H groups in total. The molecule has 0 aromatic rings. The average Bonchev–Trinajstić information content (AvgIpc) is 2.01. The second-order valence-corrected chi connectivity index (χ2v) is 5.47. The zero-order valence-electron chi connectivity index (χ0n) is 10.3. The summed E-state index contributed by atoms with van der Waals surface area (Å²) in [6, 6.07) is 1.50. The van der Waals surface area contributed by atoms with E-state index in [1.165, 1.54) is 32.1 Å². The molecule has 0 radical (unpaired) electrons. The normalized spacial score (nSPS) is 35.6. The van der Waals surface area contributed by atoms with Gasteiger partial charge in [-0.1, -0.05) is 27.2 Å². The van der Waals surface area contributed by atoms with Crippen molar-refractivity contribution in [3.63, 3.8) is 0 Å². The summed E-state index contributed by atoms with van der Waals surface area (Å²) in [4.78, 5) is 0. The van der Waals surface area contributed by atoms with Gasteiger partial charge in [0.25, 0.3) is 0 Å². The molecule has 1 fully saturated rings. The van der Waals surface area contributed by atoms with Crippen molar-refractivity contribution in [3.8, 4) is 0 Å². The molecule has 0 aromatic heterocycles. The van der Waals surface area contributed by atoms with Crippen LogP contribution in [0.3, 0.4) is 0 Å². The number of hydrogen-bond donors (Lipinski definition) is 1. The topological polar surface area (TPSA) is 12.0 Å². The van der Waals surface area contributed by atoms with Crippen molar-refractivity contribution < 1.29 is 0 Å². The highest BCUT2D eigenvalue weighted by Gasteiger charge is 2.24. The highest BCUT2D eigenvalue weighted by molar-refractivity contribution is 4.81. The standard InChI is InChI=1S/C13H27N/c1-5-6-12(4)14-13-8-10(2)7-11(3)9-13/h10-14H,5-9H2,1-4H3. The largest absolute Gasteiger partial charge is 0.311 e. The third-order valence-corrected chi connectivity index (χ3v) is 3.42. The van der Waals surface area contributed by atoms with Gasteiger partial charge in [0.15, 0.2) is 0 Å². The maximum atomic E-state index is 3.78. The first-order chi connectivity index (χ1) is 6.61. The third-order valence-electron chi connectivity index (χ3n) is 3.42. The smallest absolute Gasteiger partial charge is 0.00746 e. The Kier molecular flexibility index (Phi) is 4.94. The van der Waals surface area contributed by atoms with E-state index in [9.17, 15) is 0 Å². The Bertz CT molecular complexity index is 145. The Morgan fingerprint density at radius 3 is 2.21 bits per heavy atom. The Balaban J connectivity index is 2.29. The van der Waals surface area contributed by atoms with Crippen LogP contribution in [0.2, 0.25) is 0 Å². The van der Waals surface area contributed by atoms with Crippen LogP contribution in [0.5, 0.6) is 0 Å². The van der Waals surface area contributed by atoms with Gasteiger partial charge in [0.05, 0.1) is 0 Å². The van der Waals surface area contributed by atoms with E-state index in [4.69, 9.17) is 0 Å². The lowest BCUT2D eigenvalue weighted by atomic mass is 9.80. The summed E-state index contributed by atoms with van der Waals surface area (Å²) in [5.74, 6) is 1.84. The van der Waals surface area contributed by atoms with E-state index in [2.05, 4.69) is 33.0 Å². The van der Waals surface area contributed by atoms with Gasteiger partial charge in [0.1, 0.15) is 0 Å². The number of nitrogens with one attached hydrogen (secondary N) is 1. The predicted molar refractivity (Wildman–Crippen MR) is 63.5 cm³/mol. The summed E-state index contributed by atoms with van der Waals surface area (Å²) in [6.45, 7) is 9.39. The second-order valence-electron chi connectivity index (χ2n) is 5.47. The van der Waals surface area contributed by atoms with Crippen LogP contribution < -0.4 is 5.32 Å². The summed E-state index contributed by atoms with van der Waals surface area (Å²) in [5, 5.41) is 3.78. The van der Waals surface area contributed by atoms with E-state index in [0.717, 1.165) is 17.9 Å². The highest BCUT2D eigenvalue weighted by Crippen LogP contribution is 2.28. The maximum Gasteiger partial charge on any atom is 0.00746 e. The molecule has 84 valence electrons. The summed E-state index contributed by atoms with van der Waals surface area (Å²) >= 11 is 0. The molecular weight excluding hydrogens is 170 g/mol. The van der Waals surface area contributed by atoms with Gasteiger partial charge in [0, 0.05) is 12.1 Å². The lowest BCUT2D eigenvalue weighted by molar-refractivity contribution is 0.225. The molecule has 0 aliphatic heterocycles. The third kappa shape index (κ3) is 4.00. The van der Waals surface area contributed by atoms with Gasteiger partial charge in [-0.25, -0.2) is 0 Å². The fourth-order valence-corrected chi connectivity index (χ4v) is 3.00. The van der Waals surface area contributed by atoms with Gasteiger partial charge in [0.2, 0.25) is 0 Å². The Morgan fingerprint density at radius 2 is 1.71 bits per heavy atom. The van der Waals surface area contributed by atoms with Gasteiger partial charge in [-0.15, -0.1) is 0 Å². The Hall–Kier alpha value is -0.0400. The van der Waals surface area contributed by atoms with Gasteiger partial charge in [-0.2, -0.15) is 0 Å². The molecule has 0 amide bonds. The van der Waals surface area contributed by atoms with Crippen molar-refractivity contribution >= 4 is 0 Å². The van der Waals surface area contributed by atoms with Crippen LogP contribution in [0.15, 0.2) is 0 Å². The van der Waals surface area contributed by atoms with E-state index in [-0.39, 0.29) is 0 Å². The van der Waals surface area contributed by atoms with Crippen molar-refractivity contribution in [3.05, 3.63) is 0 Å². The molecule has 1 saturated carbocycles. The summed E-state index contributed by atoms with van der Waals surface area (Å²) in [5.41, 5.74) is 0. The monoisotopic (exact) mass is 197 g/mol. The van der Waals surface area contributed by atoms with Crippen LogP contribution in [0.1, 0.15) is 59.8 Å². The average molecular weight is 197 g/mol. The summed E-state index contributed by atoms with van der Waals surface area (Å²) in [6.07, 6.45) is 6.82. The molecule has 1 aliphatic rings. The maximum absolute atomic E-state index is 3.78. The minimum absolute atomic E-state index is 0.711. The van der Waals surface area contributed by atoms with Crippen LogP contribution in [0.25, 0.3) is 0 Å². The van der Waals surface area contributed by atoms with Crippen LogP contribution in [0.4, 0.5) is 0 Å². The molecule has 0 heterocycles. The summed E-state index contributed by atoms with van der Waals surface area (Å²) in [7, 11) is 0. The number of hydrogen-bond acceptors (Lipinski definition) is 1.